The number of carbonyl (C=O) groups excluding carboxylic acids is 3. The average molecular weight is 395 g/mol. The number of esters is 2. The van der Waals surface area contributed by atoms with E-state index in [0.717, 1.165) is 36.9 Å². The predicted molar refractivity (Wildman–Crippen MR) is 108 cm³/mol. The van der Waals surface area contributed by atoms with Crippen LogP contribution in [0.15, 0.2) is 48.5 Å². The van der Waals surface area contributed by atoms with Crippen molar-refractivity contribution < 1.29 is 23.9 Å². The van der Waals surface area contributed by atoms with Gasteiger partial charge in [-0.1, -0.05) is 24.3 Å². The van der Waals surface area contributed by atoms with E-state index in [1.54, 1.807) is 29.2 Å². The highest BCUT2D eigenvalue weighted by Gasteiger charge is 2.24. The summed E-state index contributed by atoms with van der Waals surface area (Å²) in [6.07, 6.45) is 3.11. The lowest BCUT2D eigenvalue weighted by atomic mass is 10.0. The molecule has 6 heteroatoms. The Labute approximate surface area is 170 Å². The highest BCUT2D eigenvalue weighted by Crippen LogP contribution is 2.23. The normalized spacial score (nSPS) is 16.2. The Kier molecular flexibility index (Phi) is 6.65. The maximum absolute atomic E-state index is 12.3. The molecule has 3 rings (SSSR count). The third-order valence-corrected chi connectivity index (χ3v) is 5.02. The van der Waals surface area contributed by atoms with Gasteiger partial charge in [-0.05, 0) is 61.6 Å². The molecule has 2 aromatic carbocycles. The number of ether oxygens (including phenoxy) is 2. The Hall–Kier alpha value is -3.15. The predicted octanol–water partition coefficient (Wildman–Crippen LogP) is 3.84. The van der Waals surface area contributed by atoms with Crippen LogP contribution in [0.4, 0.5) is 0 Å². The third kappa shape index (κ3) is 5.44. The summed E-state index contributed by atoms with van der Waals surface area (Å²) in [7, 11) is 0. The van der Waals surface area contributed by atoms with Crippen molar-refractivity contribution in [3.63, 3.8) is 0 Å². The molecule has 1 fully saturated rings. The molecule has 0 N–H and O–H groups in total. The van der Waals surface area contributed by atoms with E-state index in [0.29, 0.717) is 11.3 Å². The Morgan fingerprint density at radius 1 is 0.966 bits per heavy atom. The van der Waals surface area contributed by atoms with Crippen molar-refractivity contribution in [3.8, 4) is 16.9 Å². The number of piperidine rings is 1. The summed E-state index contributed by atoms with van der Waals surface area (Å²) >= 11 is 0. The van der Waals surface area contributed by atoms with Crippen LogP contribution in [0.3, 0.4) is 0 Å². The monoisotopic (exact) mass is 395 g/mol. The smallest absolute Gasteiger partial charge is 0.338 e. The molecule has 1 saturated heterocycles. The minimum atomic E-state index is -0.514. The molecular weight excluding hydrogens is 370 g/mol. The van der Waals surface area contributed by atoms with Gasteiger partial charge in [0, 0.05) is 19.5 Å². The maximum Gasteiger partial charge on any atom is 0.338 e. The average Bonchev–Trinajstić information content (AvgIpc) is 2.72. The van der Waals surface area contributed by atoms with Crippen molar-refractivity contribution in [2.24, 2.45) is 0 Å². The van der Waals surface area contributed by atoms with Crippen LogP contribution in [0.1, 0.15) is 43.5 Å². The number of likely N-dealkylation sites (tertiary alicyclic amines) is 1. The molecule has 0 spiro atoms. The SMILES string of the molecule is CC(=O)Oc1ccc(-c2ccc(C(=O)OCC(=O)N3CCCC[C@H]3C)cc2)cc1. The van der Waals surface area contributed by atoms with Crippen molar-refractivity contribution in [3.05, 3.63) is 54.1 Å². The third-order valence-electron chi connectivity index (χ3n) is 5.02. The van der Waals surface area contributed by atoms with Gasteiger partial charge in [0.05, 0.1) is 5.56 Å². The van der Waals surface area contributed by atoms with Gasteiger partial charge in [-0.3, -0.25) is 9.59 Å². The molecule has 1 aliphatic heterocycles. The summed E-state index contributed by atoms with van der Waals surface area (Å²) in [6.45, 7) is 3.87. The van der Waals surface area contributed by atoms with Crippen LogP contribution in [0.2, 0.25) is 0 Å². The van der Waals surface area contributed by atoms with Crippen LogP contribution >= 0.6 is 0 Å². The lowest BCUT2D eigenvalue weighted by Crippen LogP contribution is -2.44. The summed E-state index contributed by atoms with van der Waals surface area (Å²) in [4.78, 5) is 37.3. The number of amides is 1. The van der Waals surface area contributed by atoms with Crippen molar-refractivity contribution >= 4 is 17.8 Å². The summed E-state index contributed by atoms with van der Waals surface area (Å²) in [5.41, 5.74) is 2.23. The van der Waals surface area contributed by atoms with E-state index < -0.39 is 5.97 Å². The summed E-state index contributed by atoms with van der Waals surface area (Å²) in [5, 5.41) is 0. The lowest BCUT2D eigenvalue weighted by Gasteiger charge is -2.33. The number of hydrogen-bond acceptors (Lipinski definition) is 5. The first-order chi connectivity index (χ1) is 13.9. The highest BCUT2D eigenvalue weighted by molar-refractivity contribution is 5.92. The van der Waals surface area contributed by atoms with Crippen molar-refractivity contribution in [1.82, 2.24) is 4.90 Å². The number of nitrogens with zero attached hydrogens (tertiary/aromatic N) is 1. The van der Waals surface area contributed by atoms with Gasteiger partial charge in [-0.15, -0.1) is 0 Å². The number of benzene rings is 2. The number of rotatable bonds is 5. The standard InChI is InChI=1S/C23H25NO5/c1-16-5-3-4-14-24(16)22(26)15-28-23(27)20-8-6-18(7-9-20)19-10-12-21(13-11-19)29-17(2)25/h6-13,16H,3-5,14-15H2,1-2H3/t16-/m1/s1. The second-order valence-corrected chi connectivity index (χ2v) is 7.20. The zero-order valence-corrected chi connectivity index (χ0v) is 16.7. The van der Waals surface area contributed by atoms with Gasteiger partial charge >= 0.3 is 11.9 Å². The Morgan fingerprint density at radius 2 is 1.59 bits per heavy atom. The quantitative estimate of drug-likeness (QED) is 0.568. The molecule has 1 atom stereocenters. The zero-order chi connectivity index (χ0) is 20.8. The molecule has 0 radical (unpaired) electrons. The molecular formula is C23H25NO5. The van der Waals surface area contributed by atoms with E-state index in [1.807, 2.05) is 31.2 Å². The second kappa shape index (κ2) is 9.37. The molecule has 0 unspecified atom stereocenters. The molecule has 6 nitrogen and oxygen atoms in total. The first-order valence-electron chi connectivity index (χ1n) is 9.79. The number of carbonyl (C=O) groups is 3. The molecule has 2 aromatic rings. The lowest BCUT2D eigenvalue weighted by molar-refractivity contribution is -0.137. The van der Waals surface area contributed by atoms with Crippen LogP contribution in [0.5, 0.6) is 5.75 Å². The molecule has 0 bridgehead atoms. The van der Waals surface area contributed by atoms with Gasteiger partial charge in [0.1, 0.15) is 5.75 Å². The van der Waals surface area contributed by atoms with Gasteiger partial charge in [-0.25, -0.2) is 4.79 Å². The van der Waals surface area contributed by atoms with Crippen molar-refractivity contribution in [1.29, 1.82) is 0 Å². The van der Waals surface area contributed by atoms with Crippen LogP contribution in [-0.2, 0) is 14.3 Å². The second-order valence-electron chi connectivity index (χ2n) is 7.20. The van der Waals surface area contributed by atoms with Crippen LogP contribution in [-0.4, -0.2) is 41.9 Å². The van der Waals surface area contributed by atoms with E-state index in [2.05, 4.69) is 0 Å². The zero-order valence-electron chi connectivity index (χ0n) is 16.7. The number of hydrogen-bond donors (Lipinski definition) is 0. The highest BCUT2D eigenvalue weighted by atomic mass is 16.5. The summed E-state index contributed by atoms with van der Waals surface area (Å²) in [5.74, 6) is -0.544. The van der Waals surface area contributed by atoms with Gasteiger partial charge in [0.25, 0.3) is 5.91 Å². The largest absolute Gasteiger partial charge is 0.452 e. The first-order valence-corrected chi connectivity index (χ1v) is 9.79. The topological polar surface area (TPSA) is 72.9 Å². The van der Waals surface area contributed by atoms with Gasteiger partial charge < -0.3 is 14.4 Å². The Bertz CT molecular complexity index is 873. The molecule has 152 valence electrons. The fourth-order valence-corrected chi connectivity index (χ4v) is 3.44. The maximum atomic E-state index is 12.3. The van der Waals surface area contributed by atoms with Gasteiger partial charge in [-0.2, -0.15) is 0 Å². The van der Waals surface area contributed by atoms with E-state index in [9.17, 15) is 14.4 Å². The molecule has 1 heterocycles. The van der Waals surface area contributed by atoms with Crippen molar-refractivity contribution in [2.45, 2.75) is 39.2 Å². The van der Waals surface area contributed by atoms with Crippen LogP contribution < -0.4 is 4.74 Å². The Morgan fingerprint density at radius 3 is 2.17 bits per heavy atom. The molecule has 1 aliphatic rings. The molecule has 1 amide bonds. The molecule has 0 saturated carbocycles. The van der Waals surface area contributed by atoms with E-state index in [1.165, 1.54) is 6.92 Å². The van der Waals surface area contributed by atoms with Gasteiger partial charge in [0.2, 0.25) is 0 Å². The summed E-state index contributed by atoms with van der Waals surface area (Å²) < 4.78 is 10.2. The fraction of sp³-hybridized carbons (Fsp3) is 0.348. The fourth-order valence-electron chi connectivity index (χ4n) is 3.44. The van der Waals surface area contributed by atoms with Crippen LogP contribution in [0, 0.1) is 0 Å². The van der Waals surface area contributed by atoms with Crippen LogP contribution in [0.25, 0.3) is 11.1 Å². The van der Waals surface area contributed by atoms with Crippen molar-refractivity contribution in [2.75, 3.05) is 13.2 Å². The Balaban J connectivity index is 1.57. The van der Waals surface area contributed by atoms with Gasteiger partial charge in [0.15, 0.2) is 6.61 Å². The molecule has 0 aliphatic carbocycles. The summed E-state index contributed by atoms with van der Waals surface area (Å²) in [6, 6.07) is 14.3. The van der Waals surface area contributed by atoms with E-state index in [4.69, 9.17) is 9.47 Å². The molecule has 29 heavy (non-hydrogen) atoms. The van der Waals surface area contributed by atoms with E-state index >= 15 is 0 Å². The molecule has 0 aromatic heterocycles. The first kappa shape index (κ1) is 20.6. The minimum absolute atomic E-state index is 0.143. The van der Waals surface area contributed by atoms with E-state index in [-0.39, 0.29) is 24.5 Å². The minimum Gasteiger partial charge on any atom is -0.452 e.